The van der Waals surface area contributed by atoms with Crippen molar-refractivity contribution in [2.45, 2.75) is 6.61 Å². The van der Waals surface area contributed by atoms with E-state index in [0.29, 0.717) is 0 Å². The van der Waals surface area contributed by atoms with Crippen molar-refractivity contribution in [1.29, 1.82) is 0 Å². The van der Waals surface area contributed by atoms with Crippen LogP contribution in [0.1, 0.15) is 5.56 Å². The SMILES string of the molecule is O=C(CN1CC(=O)NC1=O)NOCc1cccnc1. The summed E-state index contributed by atoms with van der Waals surface area (Å²) in [4.78, 5) is 43.5. The lowest BCUT2D eigenvalue weighted by Gasteiger charge is -2.12. The average Bonchev–Trinajstić information content (AvgIpc) is 2.69. The number of nitrogens with one attached hydrogen (secondary N) is 2. The number of pyridine rings is 1. The number of amides is 4. The molecule has 8 heteroatoms. The van der Waals surface area contributed by atoms with Gasteiger partial charge in [0.2, 0.25) is 5.91 Å². The van der Waals surface area contributed by atoms with Gasteiger partial charge in [-0.05, 0) is 11.6 Å². The van der Waals surface area contributed by atoms with Crippen LogP contribution in [0.4, 0.5) is 4.79 Å². The predicted molar refractivity (Wildman–Crippen MR) is 62.3 cm³/mol. The Kier molecular flexibility index (Phi) is 4.04. The molecule has 1 aliphatic heterocycles. The van der Waals surface area contributed by atoms with Crippen molar-refractivity contribution in [2.24, 2.45) is 0 Å². The molecule has 0 atom stereocenters. The first-order valence-corrected chi connectivity index (χ1v) is 5.53. The molecular formula is C11H12N4O4. The standard InChI is InChI=1S/C11H12N4O4/c16-9-5-15(11(18)13-9)6-10(17)14-19-7-8-2-1-3-12-4-8/h1-4H,5-7H2,(H,14,17)(H,13,16,18). The fourth-order valence-electron chi connectivity index (χ4n) is 1.50. The van der Waals surface area contributed by atoms with Crippen LogP contribution in [0.2, 0.25) is 0 Å². The van der Waals surface area contributed by atoms with Crippen molar-refractivity contribution < 1.29 is 19.2 Å². The molecule has 0 spiro atoms. The lowest BCUT2D eigenvalue weighted by atomic mass is 10.3. The Labute approximate surface area is 108 Å². The van der Waals surface area contributed by atoms with Gasteiger partial charge in [0.25, 0.3) is 5.91 Å². The fourth-order valence-corrected chi connectivity index (χ4v) is 1.50. The molecule has 2 N–H and O–H groups in total. The zero-order chi connectivity index (χ0) is 13.7. The molecule has 2 rings (SSSR count). The van der Waals surface area contributed by atoms with Gasteiger partial charge in [-0.1, -0.05) is 6.07 Å². The first kappa shape index (κ1) is 13.0. The van der Waals surface area contributed by atoms with Gasteiger partial charge in [-0.2, -0.15) is 0 Å². The lowest BCUT2D eigenvalue weighted by molar-refractivity contribution is -0.135. The maximum absolute atomic E-state index is 11.5. The molecular weight excluding hydrogens is 252 g/mol. The van der Waals surface area contributed by atoms with Crippen LogP contribution in [-0.4, -0.2) is 40.8 Å². The van der Waals surface area contributed by atoms with Crippen molar-refractivity contribution in [3.63, 3.8) is 0 Å². The van der Waals surface area contributed by atoms with Gasteiger partial charge in [-0.25, -0.2) is 10.3 Å². The summed E-state index contributed by atoms with van der Waals surface area (Å²) in [5.41, 5.74) is 3.00. The summed E-state index contributed by atoms with van der Waals surface area (Å²) in [5.74, 6) is -0.928. The second-order valence-corrected chi connectivity index (χ2v) is 3.88. The smallest absolute Gasteiger partial charge is 0.306 e. The molecule has 2 heterocycles. The summed E-state index contributed by atoms with van der Waals surface area (Å²) >= 11 is 0. The van der Waals surface area contributed by atoms with Gasteiger partial charge in [0.1, 0.15) is 19.7 Å². The van der Waals surface area contributed by atoms with Gasteiger partial charge in [0.05, 0.1) is 0 Å². The minimum Gasteiger partial charge on any atom is -0.306 e. The number of aromatic nitrogens is 1. The highest BCUT2D eigenvalue weighted by Gasteiger charge is 2.28. The van der Waals surface area contributed by atoms with Crippen LogP contribution in [-0.2, 0) is 21.0 Å². The summed E-state index contributed by atoms with van der Waals surface area (Å²) in [6, 6.07) is 2.97. The largest absolute Gasteiger partial charge is 0.325 e. The summed E-state index contributed by atoms with van der Waals surface area (Å²) in [7, 11) is 0. The quantitative estimate of drug-likeness (QED) is 0.534. The Morgan fingerprint density at radius 3 is 3.00 bits per heavy atom. The summed E-state index contributed by atoms with van der Waals surface area (Å²) in [5, 5.41) is 2.07. The highest BCUT2D eigenvalue weighted by atomic mass is 16.6. The van der Waals surface area contributed by atoms with E-state index in [1.165, 1.54) is 0 Å². The third kappa shape index (κ3) is 3.75. The molecule has 0 aliphatic carbocycles. The Hall–Kier alpha value is -2.48. The molecule has 8 nitrogen and oxygen atoms in total. The average molecular weight is 264 g/mol. The predicted octanol–water partition coefficient (Wildman–Crippen LogP) is -0.819. The third-order valence-electron chi connectivity index (χ3n) is 2.35. The van der Waals surface area contributed by atoms with Crippen molar-refractivity contribution in [2.75, 3.05) is 13.1 Å². The first-order valence-electron chi connectivity index (χ1n) is 5.53. The maximum atomic E-state index is 11.5. The van der Waals surface area contributed by atoms with Crippen LogP contribution in [0.15, 0.2) is 24.5 Å². The summed E-state index contributed by atoms with van der Waals surface area (Å²) in [6.45, 7) is -0.176. The van der Waals surface area contributed by atoms with Crippen molar-refractivity contribution >= 4 is 17.8 Å². The van der Waals surface area contributed by atoms with E-state index in [1.807, 2.05) is 0 Å². The highest BCUT2D eigenvalue weighted by molar-refractivity contribution is 6.03. The molecule has 1 saturated heterocycles. The van der Waals surface area contributed by atoms with Gasteiger partial charge in [0.15, 0.2) is 0 Å². The molecule has 100 valence electrons. The van der Waals surface area contributed by atoms with E-state index in [2.05, 4.69) is 15.8 Å². The van der Waals surface area contributed by atoms with E-state index in [9.17, 15) is 14.4 Å². The van der Waals surface area contributed by atoms with Gasteiger partial charge < -0.3 is 4.90 Å². The minimum absolute atomic E-state index is 0.116. The molecule has 0 saturated carbocycles. The minimum atomic E-state index is -0.576. The normalized spacial score (nSPS) is 14.4. The molecule has 1 fully saturated rings. The summed E-state index contributed by atoms with van der Waals surface area (Å²) in [6.07, 6.45) is 3.24. The van der Waals surface area contributed by atoms with Gasteiger partial charge in [-0.3, -0.25) is 24.7 Å². The number of hydrogen-bond donors (Lipinski definition) is 2. The molecule has 4 amide bonds. The Morgan fingerprint density at radius 2 is 2.37 bits per heavy atom. The van der Waals surface area contributed by atoms with E-state index < -0.39 is 17.8 Å². The van der Waals surface area contributed by atoms with Crippen molar-refractivity contribution in [3.05, 3.63) is 30.1 Å². The Bertz CT molecular complexity index is 491. The van der Waals surface area contributed by atoms with Gasteiger partial charge in [0, 0.05) is 12.4 Å². The molecule has 0 aromatic carbocycles. The van der Waals surface area contributed by atoms with E-state index in [-0.39, 0.29) is 19.7 Å². The topological polar surface area (TPSA) is 101 Å². The second kappa shape index (κ2) is 5.91. The van der Waals surface area contributed by atoms with Crippen LogP contribution in [0.25, 0.3) is 0 Å². The molecule has 0 bridgehead atoms. The van der Waals surface area contributed by atoms with Crippen LogP contribution in [0, 0.1) is 0 Å². The summed E-state index contributed by atoms with van der Waals surface area (Å²) < 4.78 is 0. The van der Waals surface area contributed by atoms with Crippen LogP contribution < -0.4 is 10.8 Å². The molecule has 0 unspecified atom stereocenters. The lowest BCUT2D eigenvalue weighted by Crippen LogP contribution is -2.38. The molecule has 1 aliphatic rings. The van der Waals surface area contributed by atoms with Crippen LogP contribution >= 0.6 is 0 Å². The van der Waals surface area contributed by atoms with Gasteiger partial charge in [-0.15, -0.1) is 0 Å². The monoisotopic (exact) mass is 264 g/mol. The number of hydroxylamine groups is 1. The zero-order valence-corrected chi connectivity index (χ0v) is 9.96. The van der Waals surface area contributed by atoms with Gasteiger partial charge >= 0.3 is 6.03 Å². The van der Waals surface area contributed by atoms with Crippen LogP contribution in [0.3, 0.4) is 0 Å². The highest BCUT2D eigenvalue weighted by Crippen LogP contribution is 1.98. The third-order valence-corrected chi connectivity index (χ3v) is 2.35. The fraction of sp³-hybridized carbons (Fsp3) is 0.273. The molecule has 1 aromatic rings. The van der Waals surface area contributed by atoms with Crippen LogP contribution in [0.5, 0.6) is 0 Å². The van der Waals surface area contributed by atoms with Crippen molar-refractivity contribution in [1.82, 2.24) is 20.7 Å². The van der Waals surface area contributed by atoms with E-state index in [1.54, 1.807) is 24.5 Å². The number of hydrogen-bond acceptors (Lipinski definition) is 5. The maximum Gasteiger partial charge on any atom is 0.325 e. The molecule has 1 aromatic heterocycles. The molecule has 0 radical (unpaired) electrons. The van der Waals surface area contributed by atoms with E-state index in [0.717, 1.165) is 10.5 Å². The van der Waals surface area contributed by atoms with E-state index >= 15 is 0 Å². The number of carbonyl (C=O) groups is 3. The number of carbonyl (C=O) groups excluding carboxylic acids is 3. The second-order valence-electron chi connectivity index (χ2n) is 3.88. The molecule has 19 heavy (non-hydrogen) atoms. The first-order chi connectivity index (χ1) is 9.15. The van der Waals surface area contributed by atoms with Crippen molar-refractivity contribution in [3.8, 4) is 0 Å². The Balaban J connectivity index is 1.70. The number of urea groups is 1. The zero-order valence-electron chi connectivity index (χ0n) is 9.96. The van der Waals surface area contributed by atoms with E-state index in [4.69, 9.17) is 4.84 Å². The number of nitrogens with zero attached hydrogens (tertiary/aromatic N) is 2. The number of rotatable bonds is 5. The number of imide groups is 1. The Morgan fingerprint density at radius 1 is 1.53 bits per heavy atom.